The van der Waals surface area contributed by atoms with Crippen LogP contribution in [0.25, 0.3) is 6.08 Å². The van der Waals surface area contributed by atoms with Gasteiger partial charge in [-0.1, -0.05) is 53.6 Å². The average Bonchev–Trinajstić information content (AvgIpc) is 3.32. The van der Waals surface area contributed by atoms with E-state index in [0.717, 1.165) is 16.7 Å². The van der Waals surface area contributed by atoms with E-state index in [1.54, 1.807) is 36.4 Å². The minimum Gasteiger partial charge on any atom is -0.358 e. The molecule has 2 saturated heterocycles. The first kappa shape index (κ1) is 20.9. The molecule has 0 aliphatic carbocycles. The molecule has 6 heteroatoms. The quantitative estimate of drug-likeness (QED) is 0.399. The lowest BCUT2D eigenvalue weighted by atomic mass is 9.83. The molecule has 0 bridgehead atoms. The second kappa shape index (κ2) is 7.67. The number of anilines is 1. The number of fused-ring (bicyclic) bond motifs is 5. The number of amides is 2. The molecule has 2 fully saturated rings. The third kappa shape index (κ3) is 2.97. The lowest BCUT2D eigenvalue weighted by molar-refractivity contribution is -0.123. The molecule has 4 unspecified atom stereocenters. The summed E-state index contributed by atoms with van der Waals surface area (Å²) in [7, 11) is 0. The zero-order valence-electron chi connectivity index (χ0n) is 18.4. The minimum absolute atomic E-state index is 0.190. The number of nitrogens with zero attached hydrogens (tertiary/aromatic N) is 2. The standard InChI is InChI=1S/C28H21ClN2O3/c1-16-6-12-20(13-7-16)31-27(33)22-23(28(31)34)25(26(32)18-8-10-19(29)11-9-18)30-15-14-17-4-2-3-5-21(17)24(22)30/h2-15,22-25H,1H3. The van der Waals surface area contributed by atoms with Gasteiger partial charge in [-0.05, 0) is 60.5 Å². The van der Waals surface area contributed by atoms with Gasteiger partial charge in [-0.2, -0.15) is 0 Å². The lowest BCUT2D eigenvalue weighted by Crippen LogP contribution is -2.44. The Morgan fingerprint density at radius 1 is 0.853 bits per heavy atom. The number of hydrogen-bond acceptors (Lipinski definition) is 4. The molecule has 3 aliphatic rings. The number of carbonyl (C=O) groups is 3. The summed E-state index contributed by atoms with van der Waals surface area (Å²) in [4.78, 5) is 44.6. The van der Waals surface area contributed by atoms with Crippen molar-refractivity contribution in [3.63, 3.8) is 0 Å². The number of benzene rings is 3. The molecule has 0 N–H and O–H groups in total. The summed E-state index contributed by atoms with van der Waals surface area (Å²) in [5.41, 5.74) is 4.00. The van der Waals surface area contributed by atoms with Crippen molar-refractivity contribution in [2.45, 2.75) is 19.0 Å². The molecular formula is C28H21ClN2O3. The molecule has 3 aromatic rings. The van der Waals surface area contributed by atoms with Crippen LogP contribution in [0, 0.1) is 18.8 Å². The summed E-state index contributed by atoms with van der Waals surface area (Å²) >= 11 is 6.03. The van der Waals surface area contributed by atoms with Crippen LogP contribution in [0.3, 0.4) is 0 Å². The van der Waals surface area contributed by atoms with Crippen molar-refractivity contribution in [3.8, 4) is 0 Å². The fourth-order valence-corrected chi connectivity index (χ4v) is 5.72. The van der Waals surface area contributed by atoms with E-state index in [9.17, 15) is 14.4 Å². The van der Waals surface area contributed by atoms with Gasteiger partial charge < -0.3 is 4.90 Å². The van der Waals surface area contributed by atoms with Crippen molar-refractivity contribution >= 4 is 41.0 Å². The Morgan fingerprint density at radius 3 is 2.26 bits per heavy atom. The number of halogens is 1. The molecular weight excluding hydrogens is 448 g/mol. The minimum atomic E-state index is -0.785. The highest BCUT2D eigenvalue weighted by atomic mass is 35.5. The van der Waals surface area contributed by atoms with E-state index >= 15 is 0 Å². The van der Waals surface area contributed by atoms with Gasteiger partial charge in [-0.15, -0.1) is 0 Å². The van der Waals surface area contributed by atoms with Gasteiger partial charge in [0.2, 0.25) is 11.8 Å². The Bertz CT molecular complexity index is 1360. The number of aryl methyl sites for hydroxylation is 1. The van der Waals surface area contributed by atoms with Crippen molar-refractivity contribution in [2.75, 3.05) is 4.90 Å². The van der Waals surface area contributed by atoms with Gasteiger partial charge in [-0.25, -0.2) is 4.90 Å². The van der Waals surface area contributed by atoms with Crippen LogP contribution < -0.4 is 4.90 Å². The van der Waals surface area contributed by atoms with Crippen molar-refractivity contribution in [3.05, 3.63) is 106 Å². The second-order valence-electron chi connectivity index (χ2n) is 9.05. The Hall–Kier alpha value is -3.70. The predicted octanol–water partition coefficient (Wildman–Crippen LogP) is 5.05. The zero-order chi connectivity index (χ0) is 23.6. The van der Waals surface area contributed by atoms with Gasteiger partial charge in [0.1, 0.15) is 6.04 Å². The van der Waals surface area contributed by atoms with Crippen molar-refractivity contribution < 1.29 is 14.4 Å². The SMILES string of the molecule is Cc1ccc(N2C(=O)C3C(C2=O)C2c4ccccc4C=CN2C3C(=O)c2ccc(Cl)cc2)cc1. The Labute approximate surface area is 202 Å². The molecule has 0 radical (unpaired) electrons. The smallest absolute Gasteiger partial charge is 0.240 e. The van der Waals surface area contributed by atoms with Crippen molar-refractivity contribution in [1.82, 2.24) is 4.90 Å². The van der Waals surface area contributed by atoms with Crippen LogP contribution in [-0.2, 0) is 9.59 Å². The first-order chi connectivity index (χ1) is 16.5. The Morgan fingerprint density at radius 2 is 1.53 bits per heavy atom. The molecule has 34 heavy (non-hydrogen) atoms. The molecule has 4 atom stereocenters. The Balaban J connectivity index is 1.49. The highest BCUT2D eigenvalue weighted by Crippen LogP contribution is 2.53. The normalized spacial score (nSPS) is 24.8. The predicted molar refractivity (Wildman–Crippen MR) is 130 cm³/mol. The van der Waals surface area contributed by atoms with Crippen molar-refractivity contribution in [1.29, 1.82) is 0 Å². The van der Waals surface area contributed by atoms with E-state index in [1.165, 1.54) is 4.90 Å². The monoisotopic (exact) mass is 468 g/mol. The number of hydrogen-bond donors (Lipinski definition) is 0. The molecule has 3 heterocycles. The van der Waals surface area contributed by atoms with E-state index in [-0.39, 0.29) is 23.6 Å². The number of rotatable bonds is 3. The molecule has 0 aromatic heterocycles. The summed E-state index contributed by atoms with van der Waals surface area (Å²) in [6, 6.07) is 20.7. The molecule has 0 saturated carbocycles. The fraction of sp³-hybridized carbons (Fsp3) is 0.179. The summed E-state index contributed by atoms with van der Waals surface area (Å²) in [6.45, 7) is 1.95. The second-order valence-corrected chi connectivity index (χ2v) is 9.49. The third-order valence-corrected chi connectivity index (χ3v) is 7.40. The first-order valence-electron chi connectivity index (χ1n) is 11.2. The maximum atomic E-state index is 13.8. The summed E-state index contributed by atoms with van der Waals surface area (Å²) in [5.74, 6) is -2.21. The highest BCUT2D eigenvalue weighted by molar-refractivity contribution is 6.30. The van der Waals surface area contributed by atoms with Gasteiger partial charge in [0.25, 0.3) is 0 Å². The molecule has 0 spiro atoms. The van der Waals surface area contributed by atoms with Crippen LogP contribution in [0.5, 0.6) is 0 Å². The number of carbonyl (C=O) groups excluding carboxylic acids is 3. The highest BCUT2D eigenvalue weighted by Gasteiger charge is 2.64. The lowest BCUT2D eigenvalue weighted by Gasteiger charge is -2.35. The molecule has 2 amide bonds. The van der Waals surface area contributed by atoms with E-state index in [1.807, 2.05) is 60.5 Å². The number of imide groups is 1. The molecule has 3 aliphatic heterocycles. The summed E-state index contributed by atoms with van der Waals surface area (Å²) in [6.07, 6.45) is 3.81. The molecule has 168 valence electrons. The maximum Gasteiger partial charge on any atom is 0.240 e. The summed E-state index contributed by atoms with van der Waals surface area (Å²) < 4.78 is 0. The van der Waals surface area contributed by atoms with E-state index in [0.29, 0.717) is 16.3 Å². The topological polar surface area (TPSA) is 57.7 Å². The largest absolute Gasteiger partial charge is 0.358 e. The zero-order valence-corrected chi connectivity index (χ0v) is 19.1. The van der Waals surface area contributed by atoms with Crippen LogP contribution in [0.15, 0.2) is 79.0 Å². The maximum absolute atomic E-state index is 13.8. The van der Waals surface area contributed by atoms with Gasteiger partial charge in [0.05, 0.1) is 23.6 Å². The third-order valence-electron chi connectivity index (χ3n) is 7.15. The number of Topliss-reactive ketones (excluding diaryl/α,β-unsaturated/α-hetero) is 1. The van der Waals surface area contributed by atoms with E-state index < -0.39 is 17.9 Å². The van der Waals surface area contributed by atoms with Crippen molar-refractivity contribution in [2.24, 2.45) is 11.8 Å². The van der Waals surface area contributed by atoms with Crippen LogP contribution in [0.1, 0.15) is 33.1 Å². The van der Waals surface area contributed by atoms with Crippen LogP contribution in [0.4, 0.5) is 5.69 Å². The van der Waals surface area contributed by atoms with E-state index in [4.69, 9.17) is 11.6 Å². The van der Waals surface area contributed by atoms with Gasteiger partial charge >= 0.3 is 0 Å². The fourth-order valence-electron chi connectivity index (χ4n) is 5.59. The average molecular weight is 469 g/mol. The summed E-state index contributed by atoms with van der Waals surface area (Å²) in [5, 5.41) is 0.531. The van der Waals surface area contributed by atoms with Crippen LogP contribution in [0.2, 0.25) is 5.02 Å². The molecule has 5 nitrogen and oxygen atoms in total. The molecule has 3 aromatic carbocycles. The Kier molecular flexibility index (Phi) is 4.71. The first-order valence-corrected chi connectivity index (χ1v) is 11.6. The van der Waals surface area contributed by atoms with Crippen LogP contribution in [-0.4, -0.2) is 28.5 Å². The van der Waals surface area contributed by atoms with Gasteiger partial charge in [0, 0.05) is 16.8 Å². The van der Waals surface area contributed by atoms with E-state index in [2.05, 4.69) is 0 Å². The molecule has 6 rings (SSSR count). The van der Waals surface area contributed by atoms with Gasteiger partial charge in [0.15, 0.2) is 5.78 Å². The number of ketones is 1. The van der Waals surface area contributed by atoms with Crippen LogP contribution >= 0.6 is 11.6 Å². The van der Waals surface area contributed by atoms with Gasteiger partial charge in [-0.3, -0.25) is 14.4 Å².